The van der Waals surface area contributed by atoms with Crippen molar-refractivity contribution in [2.75, 3.05) is 27.4 Å². The molecule has 4 nitrogen and oxygen atoms in total. The minimum Gasteiger partial charge on any atom is -0.497 e. The van der Waals surface area contributed by atoms with Gasteiger partial charge in [0.2, 0.25) is 0 Å². The van der Waals surface area contributed by atoms with Crippen molar-refractivity contribution in [2.24, 2.45) is 0 Å². The van der Waals surface area contributed by atoms with Crippen LogP contribution < -0.4 is 9.47 Å². The molecular weight excluding hydrogens is 408 g/mol. The van der Waals surface area contributed by atoms with Crippen LogP contribution in [-0.2, 0) is 9.47 Å². The van der Waals surface area contributed by atoms with Gasteiger partial charge in [-0.3, -0.25) is 0 Å². The van der Waals surface area contributed by atoms with Crippen LogP contribution in [-0.4, -0.2) is 27.4 Å². The predicted molar refractivity (Wildman–Crippen MR) is 129 cm³/mol. The molecule has 0 bridgehead atoms. The van der Waals surface area contributed by atoms with Crippen molar-refractivity contribution in [3.63, 3.8) is 0 Å². The molecule has 2 atom stereocenters. The maximum Gasteiger partial charge on any atom is 0.119 e. The Morgan fingerprint density at radius 3 is 1.29 bits per heavy atom. The molecule has 0 spiro atoms. The second kappa shape index (κ2) is 9.18. The first-order valence-corrected chi connectivity index (χ1v) is 10.1. The number of hydrogen-bond acceptors (Lipinski definition) is 4. The molecule has 0 saturated carbocycles. The van der Waals surface area contributed by atoms with Gasteiger partial charge < -0.3 is 18.9 Å². The number of benzene rings is 4. The number of hydrogen-bond donors (Lipinski definition) is 0. The highest BCUT2D eigenvalue weighted by molar-refractivity contribution is 7.59. The molecule has 0 radical (unpaired) electrons. The van der Waals surface area contributed by atoms with E-state index in [9.17, 15) is 0 Å². The van der Waals surface area contributed by atoms with Crippen molar-refractivity contribution in [1.82, 2.24) is 0 Å². The van der Waals surface area contributed by atoms with E-state index in [1.807, 2.05) is 24.3 Å². The second-order valence-electron chi connectivity index (χ2n) is 7.59. The van der Waals surface area contributed by atoms with Crippen LogP contribution >= 0.6 is 13.5 Å². The summed E-state index contributed by atoms with van der Waals surface area (Å²) in [5.74, 6) is 1.80. The van der Waals surface area contributed by atoms with Crippen LogP contribution in [0.25, 0.3) is 21.5 Å². The highest BCUT2D eigenvalue weighted by Gasteiger charge is 2.25. The van der Waals surface area contributed by atoms with E-state index in [4.69, 9.17) is 18.9 Å². The molecular formula is C26H26O4S. The van der Waals surface area contributed by atoms with E-state index < -0.39 is 0 Å². The maximum atomic E-state index is 5.26. The summed E-state index contributed by atoms with van der Waals surface area (Å²) >= 11 is 0. The van der Waals surface area contributed by atoms with E-state index in [2.05, 4.69) is 48.5 Å². The highest BCUT2D eigenvalue weighted by Crippen LogP contribution is 2.33. The lowest BCUT2D eigenvalue weighted by atomic mass is 10.1. The molecule has 0 unspecified atom stereocenters. The molecule has 2 heterocycles. The molecule has 2 saturated heterocycles. The molecule has 6 rings (SSSR count). The molecule has 160 valence electrons. The smallest absolute Gasteiger partial charge is 0.119 e. The van der Waals surface area contributed by atoms with E-state index in [-0.39, 0.29) is 13.5 Å². The average molecular weight is 435 g/mol. The van der Waals surface area contributed by atoms with E-state index in [1.165, 1.54) is 32.7 Å². The minimum atomic E-state index is 0. The zero-order chi connectivity index (χ0) is 20.5. The van der Waals surface area contributed by atoms with Crippen LogP contribution in [0.5, 0.6) is 11.5 Å². The lowest BCUT2D eigenvalue weighted by Gasteiger charge is -2.03. The van der Waals surface area contributed by atoms with Gasteiger partial charge in [-0.05, 0) is 69.1 Å². The SMILES string of the molecule is COc1ccc2cc([C@@H]3CO3)ccc2c1.COc1ccc2cc([C@H]3CO3)ccc2c1.S. The summed E-state index contributed by atoms with van der Waals surface area (Å²) in [6.07, 6.45) is 0.660. The number of methoxy groups -OCH3 is 2. The van der Waals surface area contributed by atoms with Crippen molar-refractivity contribution >= 4 is 35.0 Å². The molecule has 4 aromatic rings. The number of rotatable bonds is 4. The van der Waals surface area contributed by atoms with Gasteiger partial charge >= 0.3 is 0 Å². The highest BCUT2D eigenvalue weighted by atomic mass is 32.1. The largest absolute Gasteiger partial charge is 0.497 e. The lowest BCUT2D eigenvalue weighted by molar-refractivity contribution is 0.415. The number of epoxide rings is 2. The van der Waals surface area contributed by atoms with Gasteiger partial charge in [-0.1, -0.05) is 36.4 Å². The minimum absolute atomic E-state index is 0. The molecule has 0 N–H and O–H groups in total. The van der Waals surface area contributed by atoms with E-state index in [1.54, 1.807) is 14.2 Å². The van der Waals surface area contributed by atoms with Gasteiger partial charge in [0, 0.05) is 0 Å². The van der Waals surface area contributed by atoms with Crippen molar-refractivity contribution in [2.45, 2.75) is 12.2 Å². The summed E-state index contributed by atoms with van der Waals surface area (Å²) in [4.78, 5) is 0. The maximum absolute atomic E-state index is 5.26. The molecule has 0 aromatic heterocycles. The van der Waals surface area contributed by atoms with Gasteiger partial charge in [-0.15, -0.1) is 0 Å². The fourth-order valence-corrected chi connectivity index (χ4v) is 3.62. The summed E-state index contributed by atoms with van der Waals surface area (Å²) in [5.41, 5.74) is 2.54. The van der Waals surface area contributed by atoms with Gasteiger partial charge in [0.1, 0.15) is 23.7 Å². The standard InChI is InChI=1S/2C13H12O2.H2S/c2*1-14-12-5-4-9-6-11(13-8-15-13)3-2-10(9)7-12;/h2*2-7,13H,8H2,1H3;1H2/t2*13-;/m10./s1. The Bertz CT molecular complexity index is 1100. The van der Waals surface area contributed by atoms with Crippen molar-refractivity contribution in [3.05, 3.63) is 83.9 Å². The number of ether oxygens (including phenoxy) is 4. The zero-order valence-electron chi connectivity index (χ0n) is 17.6. The fraction of sp³-hybridized carbons (Fsp3) is 0.231. The van der Waals surface area contributed by atoms with Gasteiger partial charge in [0.05, 0.1) is 27.4 Å². The van der Waals surface area contributed by atoms with E-state index in [0.29, 0.717) is 12.2 Å². The molecule has 2 aliphatic rings. The topological polar surface area (TPSA) is 43.5 Å². The molecule has 2 fully saturated rings. The summed E-state index contributed by atoms with van der Waals surface area (Å²) < 4.78 is 20.9. The Balaban J connectivity index is 0.000000144. The Hall–Kier alpha value is -2.73. The van der Waals surface area contributed by atoms with Gasteiger partial charge in [-0.25, -0.2) is 0 Å². The quantitative estimate of drug-likeness (QED) is 0.372. The zero-order valence-corrected chi connectivity index (χ0v) is 18.6. The van der Waals surface area contributed by atoms with E-state index in [0.717, 1.165) is 24.7 Å². The Labute approximate surface area is 189 Å². The summed E-state index contributed by atoms with van der Waals surface area (Å²) in [6.45, 7) is 1.73. The van der Waals surface area contributed by atoms with E-state index >= 15 is 0 Å². The predicted octanol–water partition coefficient (Wildman–Crippen LogP) is 5.95. The molecule has 4 aromatic carbocycles. The van der Waals surface area contributed by atoms with Crippen LogP contribution in [0.15, 0.2) is 72.8 Å². The normalized spacial score (nSPS) is 18.5. The Morgan fingerprint density at radius 2 is 0.935 bits per heavy atom. The van der Waals surface area contributed by atoms with Gasteiger partial charge in [0.25, 0.3) is 0 Å². The fourth-order valence-electron chi connectivity index (χ4n) is 3.62. The lowest BCUT2D eigenvalue weighted by Crippen LogP contribution is -1.84. The van der Waals surface area contributed by atoms with Crippen molar-refractivity contribution in [3.8, 4) is 11.5 Å². The monoisotopic (exact) mass is 434 g/mol. The molecule has 31 heavy (non-hydrogen) atoms. The molecule has 5 heteroatoms. The Kier molecular flexibility index (Phi) is 6.37. The first-order valence-electron chi connectivity index (χ1n) is 10.1. The van der Waals surface area contributed by atoms with Crippen LogP contribution in [0, 0.1) is 0 Å². The van der Waals surface area contributed by atoms with Crippen LogP contribution in [0.1, 0.15) is 23.3 Å². The molecule has 0 amide bonds. The Morgan fingerprint density at radius 1 is 0.581 bits per heavy atom. The summed E-state index contributed by atoms with van der Waals surface area (Å²) in [5, 5.41) is 4.89. The summed E-state index contributed by atoms with van der Waals surface area (Å²) in [7, 11) is 3.38. The third-order valence-electron chi connectivity index (χ3n) is 5.55. The van der Waals surface area contributed by atoms with Gasteiger partial charge in [-0.2, -0.15) is 13.5 Å². The summed E-state index contributed by atoms with van der Waals surface area (Å²) in [6, 6.07) is 25.1. The first kappa shape index (κ1) is 21.5. The first-order chi connectivity index (χ1) is 14.7. The van der Waals surface area contributed by atoms with Crippen LogP contribution in [0.3, 0.4) is 0 Å². The average Bonchev–Trinajstić information content (AvgIpc) is 3.71. The molecule has 2 aliphatic heterocycles. The molecule has 0 aliphatic carbocycles. The second-order valence-corrected chi connectivity index (χ2v) is 7.59. The van der Waals surface area contributed by atoms with Crippen LogP contribution in [0.2, 0.25) is 0 Å². The number of fused-ring (bicyclic) bond motifs is 2. The van der Waals surface area contributed by atoms with Crippen molar-refractivity contribution in [1.29, 1.82) is 0 Å². The third-order valence-corrected chi connectivity index (χ3v) is 5.55. The van der Waals surface area contributed by atoms with Crippen molar-refractivity contribution < 1.29 is 18.9 Å². The van der Waals surface area contributed by atoms with Crippen LogP contribution in [0.4, 0.5) is 0 Å². The van der Waals surface area contributed by atoms with Gasteiger partial charge in [0.15, 0.2) is 0 Å². The third kappa shape index (κ3) is 4.96.